The van der Waals surface area contributed by atoms with Crippen molar-refractivity contribution in [2.45, 2.75) is 50.9 Å². The number of carbonyl (C=O) groups excluding carboxylic acids is 1. The summed E-state index contributed by atoms with van der Waals surface area (Å²) in [4.78, 5) is 37.6. The van der Waals surface area contributed by atoms with Gasteiger partial charge in [-0.25, -0.2) is 14.6 Å². The number of likely N-dealkylation sites (tertiary alicyclic amines) is 1. The number of pyridine rings is 1. The molecule has 1 aromatic rings. The highest BCUT2D eigenvalue weighted by Crippen LogP contribution is 2.30. The number of aromatic nitrogens is 1. The second-order valence-electron chi connectivity index (χ2n) is 8.67. The first-order chi connectivity index (χ1) is 17.2. The Bertz CT molecular complexity index is 936. The summed E-state index contributed by atoms with van der Waals surface area (Å²) in [5, 5.41) is 21.1. The summed E-state index contributed by atoms with van der Waals surface area (Å²) in [6.45, 7) is 4.67. The lowest BCUT2D eigenvalue weighted by Gasteiger charge is -2.20. The molecule has 1 saturated heterocycles. The molecule has 1 aromatic heterocycles. The van der Waals surface area contributed by atoms with Crippen LogP contribution in [0.3, 0.4) is 0 Å². The van der Waals surface area contributed by atoms with E-state index in [4.69, 9.17) is 24.8 Å². The summed E-state index contributed by atoms with van der Waals surface area (Å²) in [7, 11) is 0. The molecular formula is C22H28F6N4O5. The molecule has 15 heteroatoms. The van der Waals surface area contributed by atoms with Crippen molar-refractivity contribution in [2.75, 3.05) is 38.0 Å². The number of carboxylic acid groups (broad SMARTS) is 2. The van der Waals surface area contributed by atoms with E-state index < -0.39 is 24.3 Å². The smallest absolute Gasteiger partial charge is 0.475 e. The predicted octanol–water partition coefficient (Wildman–Crippen LogP) is 3.09. The number of halogens is 6. The fourth-order valence-electron chi connectivity index (χ4n) is 3.53. The van der Waals surface area contributed by atoms with Gasteiger partial charge in [-0.15, -0.1) is 0 Å². The third-order valence-corrected chi connectivity index (χ3v) is 5.66. The number of aliphatic carboxylic acids is 2. The van der Waals surface area contributed by atoms with Crippen LogP contribution in [0, 0.1) is 5.92 Å². The molecule has 0 radical (unpaired) electrons. The van der Waals surface area contributed by atoms with Crippen LogP contribution in [-0.4, -0.2) is 83.0 Å². The number of nitrogens with one attached hydrogen (secondary N) is 2. The van der Waals surface area contributed by atoms with Gasteiger partial charge < -0.3 is 25.7 Å². The van der Waals surface area contributed by atoms with E-state index in [1.165, 1.54) is 18.4 Å². The molecule has 4 N–H and O–H groups in total. The molecule has 2 fully saturated rings. The molecule has 0 atom stereocenters. The Labute approximate surface area is 208 Å². The predicted molar refractivity (Wildman–Crippen MR) is 118 cm³/mol. The molecule has 208 valence electrons. The van der Waals surface area contributed by atoms with Crippen molar-refractivity contribution in [2.24, 2.45) is 5.92 Å². The zero-order valence-corrected chi connectivity index (χ0v) is 19.7. The fraction of sp³-hybridized carbons (Fsp3) is 0.636. The molecule has 37 heavy (non-hydrogen) atoms. The average Bonchev–Trinajstić information content (AvgIpc) is 3.53. The Morgan fingerprint density at radius 2 is 1.49 bits per heavy atom. The average molecular weight is 542 g/mol. The maximum atomic E-state index is 12.9. The van der Waals surface area contributed by atoms with Gasteiger partial charge in [0.15, 0.2) is 0 Å². The first-order valence-corrected chi connectivity index (χ1v) is 11.6. The summed E-state index contributed by atoms with van der Waals surface area (Å²) in [5.74, 6) is -3.77. The van der Waals surface area contributed by atoms with E-state index in [-0.39, 0.29) is 5.91 Å². The maximum absolute atomic E-state index is 12.9. The molecule has 1 saturated carbocycles. The van der Waals surface area contributed by atoms with E-state index >= 15 is 0 Å². The first-order valence-electron chi connectivity index (χ1n) is 11.6. The van der Waals surface area contributed by atoms with E-state index in [2.05, 4.69) is 16.7 Å². The van der Waals surface area contributed by atoms with Gasteiger partial charge >= 0.3 is 24.3 Å². The molecule has 0 spiro atoms. The topological polar surface area (TPSA) is 132 Å². The SMILES string of the molecule is O=C(O)C(F)(F)F.O=C(O)C(F)(F)F.O=C(c1cc2c(nc1NCC1CC1)CCNCC2)N1CCCC1. The fourth-order valence-corrected chi connectivity index (χ4v) is 3.53. The first kappa shape index (κ1) is 30.1. The van der Waals surface area contributed by atoms with Crippen molar-refractivity contribution >= 4 is 23.7 Å². The van der Waals surface area contributed by atoms with E-state index in [1.54, 1.807) is 0 Å². The van der Waals surface area contributed by atoms with Crippen molar-refractivity contribution < 1.29 is 50.9 Å². The summed E-state index contributed by atoms with van der Waals surface area (Å²) in [6, 6.07) is 2.12. The van der Waals surface area contributed by atoms with Gasteiger partial charge in [0.2, 0.25) is 0 Å². The Morgan fingerprint density at radius 1 is 0.973 bits per heavy atom. The van der Waals surface area contributed by atoms with E-state index in [1.807, 2.05) is 4.90 Å². The number of alkyl halides is 6. The van der Waals surface area contributed by atoms with Crippen LogP contribution in [-0.2, 0) is 22.4 Å². The third kappa shape index (κ3) is 10.1. The van der Waals surface area contributed by atoms with E-state index in [9.17, 15) is 31.1 Å². The molecule has 4 rings (SSSR count). The number of carboxylic acids is 2. The van der Waals surface area contributed by atoms with Crippen LogP contribution < -0.4 is 10.6 Å². The zero-order chi connectivity index (χ0) is 27.8. The molecular weight excluding hydrogens is 514 g/mol. The number of anilines is 1. The number of rotatable bonds is 4. The Morgan fingerprint density at radius 3 is 1.97 bits per heavy atom. The highest BCUT2D eigenvalue weighted by Gasteiger charge is 2.39. The Balaban J connectivity index is 0.000000286. The van der Waals surface area contributed by atoms with Crippen molar-refractivity contribution in [1.29, 1.82) is 0 Å². The maximum Gasteiger partial charge on any atom is 0.490 e. The minimum atomic E-state index is -5.08. The van der Waals surface area contributed by atoms with Crippen molar-refractivity contribution in [3.05, 3.63) is 22.9 Å². The molecule has 9 nitrogen and oxygen atoms in total. The van der Waals surface area contributed by atoms with E-state index in [0.717, 1.165) is 81.4 Å². The van der Waals surface area contributed by atoms with E-state index in [0.29, 0.717) is 0 Å². The molecule has 1 amide bonds. The Kier molecular flexibility index (Phi) is 10.5. The number of hydrogen-bond acceptors (Lipinski definition) is 6. The minimum Gasteiger partial charge on any atom is -0.475 e. The normalized spacial score (nSPS) is 17.3. The quantitative estimate of drug-likeness (QED) is 0.427. The van der Waals surface area contributed by atoms with Crippen LogP contribution in [0.4, 0.5) is 32.2 Å². The van der Waals surface area contributed by atoms with Crippen LogP contribution in [0.25, 0.3) is 0 Å². The van der Waals surface area contributed by atoms with Crippen LogP contribution >= 0.6 is 0 Å². The summed E-state index contributed by atoms with van der Waals surface area (Å²) in [5.41, 5.74) is 3.19. The molecule has 3 heterocycles. The number of hydrogen-bond donors (Lipinski definition) is 4. The standard InChI is InChI=1S/C18H26N4O.2C2HF3O2/c23-18(22-9-1-2-10-22)15-11-14-5-7-19-8-6-16(14)21-17(15)20-12-13-3-4-13;2*3-2(4,5)1(6)7/h11,13,19H,1-10,12H2,(H,20,21);2*(H,6,7). The van der Waals surface area contributed by atoms with Gasteiger partial charge in [0, 0.05) is 38.3 Å². The minimum absolute atomic E-state index is 0.160. The third-order valence-electron chi connectivity index (χ3n) is 5.66. The Hall–Kier alpha value is -3.10. The molecule has 3 aliphatic rings. The number of amides is 1. The highest BCUT2D eigenvalue weighted by atomic mass is 19.4. The van der Waals surface area contributed by atoms with Crippen LogP contribution in [0.1, 0.15) is 47.3 Å². The second-order valence-corrected chi connectivity index (χ2v) is 8.67. The van der Waals surface area contributed by atoms with Crippen LogP contribution in [0.15, 0.2) is 6.07 Å². The largest absolute Gasteiger partial charge is 0.490 e. The molecule has 0 unspecified atom stereocenters. The lowest BCUT2D eigenvalue weighted by atomic mass is 10.0. The van der Waals surface area contributed by atoms with Crippen LogP contribution in [0.2, 0.25) is 0 Å². The summed E-state index contributed by atoms with van der Waals surface area (Å²) in [6.07, 6.45) is -3.40. The van der Waals surface area contributed by atoms with Crippen LogP contribution in [0.5, 0.6) is 0 Å². The van der Waals surface area contributed by atoms with Crippen molar-refractivity contribution in [3.8, 4) is 0 Å². The number of nitrogens with zero attached hydrogens (tertiary/aromatic N) is 2. The van der Waals surface area contributed by atoms with Gasteiger partial charge in [-0.3, -0.25) is 4.79 Å². The number of carbonyl (C=O) groups is 3. The second kappa shape index (κ2) is 12.9. The van der Waals surface area contributed by atoms with Crippen molar-refractivity contribution in [3.63, 3.8) is 0 Å². The zero-order valence-electron chi connectivity index (χ0n) is 19.7. The lowest BCUT2D eigenvalue weighted by Crippen LogP contribution is -2.29. The molecule has 0 bridgehead atoms. The summed E-state index contributed by atoms with van der Waals surface area (Å²) >= 11 is 0. The van der Waals surface area contributed by atoms with Gasteiger partial charge in [-0.05, 0) is 56.2 Å². The van der Waals surface area contributed by atoms with Gasteiger partial charge in [0.05, 0.1) is 5.56 Å². The number of fused-ring (bicyclic) bond motifs is 1. The van der Waals surface area contributed by atoms with Gasteiger partial charge in [0.1, 0.15) is 5.82 Å². The lowest BCUT2D eigenvalue weighted by molar-refractivity contribution is -0.193. The van der Waals surface area contributed by atoms with Gasteiger partial charge in [-0.1, -0.05) is 0 Å². The van der Waals surface area contributed by atoms with Gasteiger partial charge in [0.25, 0.3) is 5.91 Å². The molecule has 1 aliphatic carbocycles. The summed E-state index contributed by atoms with van der Waals surface area (Å²) < 4.78 is 63.5. The monoisotopic (exact) mass is 542 g/mol. The molecule has 0 aromatic carbocycles. The molecule has 2 aliphatic heterocycles. The van der Waals surface area contributed by atoms with Crippen molar-refractivity contribution in [1.82, 2.24) is 15.2 Å². The highest BCUT2D eigenvalue weighted by molar-refractivity contribution is 5.99. The van der Waals surface area contributed by atoms with Gasteiger partial charge in [-0.2, -0.15) is 26.3 Å².